The van der Waals surface area contributed by atoms with Crippen molar-refractivity contribution in [2.75, 3.05) is 13.2 Å². The van der Waals surface area contributed by atoms with Gasteiger partial charge in [-0.1, -0.05) is 148 Å². The molecule has 0 spiro atoms. The van der Waals surface area contributed by atoms with Crippen LogP contribution in [-0.2, 0) is 0 Å². The summed E-state index contributed by atoms with van der Waals surface area (Å²) >= 11 is 0. The average molecular weight is 729 g/mol. The highest BCUT2D eigenvalue weighted by Gasteiger charge is 2.17. The molecular weight excluding hydrogens is 665 g/mol. The van der Waals surface area contributed by atoms with Crippen molar-refractivity contribution in [2.45, 2.75) is 142 Å². The number of nitrogens with zero attached hydrogens (tertiary/aromatic N) is 1. The number of phenolic OH excluding ortho intramolecular Hbond substituents is 1. The minimum Gasteiger partial charge on any atom is -0.502 e. The number of phenols is 1. The lowest BCUT2D eigenvalue weighted by molar-refractivity contribution is 0.0734. The van der Waals surface area contributed by atoms with Crippen LogP contribution in [0.5, 0.6) is 23.0 Å². The molecule has 2 N–H and O–H groups in total. The third-order valence-corrected chi connectivity index (χ3v) is 9.29. The van der Waals surface area contributed by atoms with Gasteiger partial charge in [0.05, 0.1) is 25.0 Å². The number of amides is 1. The van der Waals surface area contributed by atoms with Gasteiger partial charge in [0.25, 0.3) is 5.91 Å². The van der Waals surface area contributed by atoms with E-state index in [9.17, 15) is 14.7 Å². The van der Waals surface area contributed by atoms with Gasteiger partial charge in [-0.15, -0.1) is 0 Å². The number of unbranched alkanes of at least 4 members (excludes halogenated alkanes) is 18. The molecule has 0 saturated heterocycles. The molecule has 0 fully saturated rings. The van der Waals surface area contributed by atoms with E-state index in [-0.39, 0.29) is 22.8 Å². The third-order valence-electron chi connectivity index (χ3n) is 9.29. The summed E-state index contributed by atoms with van der Waals surface area (Å²) in [5.41, 5.74) is 4.02. The number of hydrogen-bond donors (Lipinski definition) is 2. The fourth-order valence-corrected chi connectivity index (χ4v) is 6.07. The molecular formula is C45H64N2O6. The highest BCUT2D eigenvalue weighted by Crippen LogP contribution is 2.38. The Hall–Kier alpha value is -4.33. The van der Waals surface area contributed by atoms with Crippen molar-refractivity contribution in [2.24, 2.45) is 5.10 Å². The Morgan fingerprint density at radius 2 is 1.06 bits per heavy atom. The molecule has 3 rings (SSSR count). The third kappa shape index (κ3) is 18.3. The van der Waals surface area contributed by atoms with Crippen LogP contribution >= 0.6 is 0 Å². The zero-order chi connectivity index (χ0) is 37.8. The first-order valence-electron chi connectivity index (χ1n) is 20.3. The molecule has 0 bridgehead atoms. The van der Waals surface area contributed by atoms with Gasteiger partial charge >= 0.3 is 5.97 Å². The van der Waals surface area contributed by atoms with Crippen molar-refractivity contribution in [1.82, 2.24) is 5.43 Å². The Bertz CT molecular complexity index is 1410. The smallest absolute Gasteiger partial charge is 0.343 e. The number of hydrogen-bond acceptors (Lipinski definition) is 7. The van der Waals surface area contributed by atoms with Crippen LogP contribution in [0.15, 0.2) is 71.8 Å². The summed E-state index contributed by atoms with van der Waals surface area (Å²) in [5, 5.41) is 15.2. The van der Waals surface area contributed by atoms with Crippen molar-refractivity contribution < 1.29 is 28.9 Å². The molecule has 0 aliphatic heterocycles. The first kappa shape index (κ1) is 43.1. The fraction of sp³-hybridized carbons (Fsp3) is 0.533. The van der Waals surface area contributed by atoms with Gasteiger partial charge in [-0.3, -0.25) is 4.79 Å². The number of rotatable bonds is 29. The van der Waals surface area contributed by atoms with Gasteiger partial charge in [0, 0.05) is 5.56 Å². The molecule has 0 radical (unpaired) electrons. The lowest BCUT2D eigenvalue weighted by Crippen LogP contribution is -2.18. The summed E-state index contributed by atoms with van der Waals surface area (Å²) in [6.45, 7) is 5.38. The number of carbonyl (C=O) groups is 2. The molecule has 3 aromatic rings. The maximum Gasteiger partial charge on any atom is 0.343 e. The topological polar surface area (TPSA) is 106 Å². The van der Waals surface area contributed by atoms with Gasteiger partial charge in [0.2, 0.25) is 5.75 Å². The van der Waals surface area contributed by atoms with E-state index in [4.69, 9.17) is 14.2 Å². The second-order valence-electron chi connectivity index (χ2n) is 13.9. The van der Waals surface area contributed by atoms with Crippen LogP contribution in [0.1, 0.15) is 169 Å². The largest absolute Gasteiger partial charge is 0.502 e. The summed E-state index contributed by atoms with van der Waals surface area (Å²) in [4.78, 5) is 25.5. The minimum absolute atomic E-state index is 0.0859. The predicted molar refractivity (Wildman–Crippen MR) is 216 cm³/mol. The number of esters is 1. The second kappa shape index (κ2) is 27.3. The van der Waals surface area contributed by atoms with Crippen molar-refractivity contribution in [3.63, 3.8) is 0 Å². The minimum atomic E-state index is -0.456. The summed E-state index contributed by atoms with van der Waals surface area (Å²) in [6, 6.07) is 18.7. The molecule has 0 saturated carbocycles. The lowest BCUT2D eigenvalue weighted by atomic mass is 10.1. The molecule has 8 heteroatoms. The molecule has 290 valence electrons. The highest BCUT2D eigenvalue weighted by molar-refractivity contribution is 5.96. The van der Waals surface area contributed by atoms with Crippen LogP contribution in [-0.4, -0.2) is 36.4 Å². The number of ether oxygens (including phenoxy) is 3. The zero-order valence-corrected chi connectivity index (χ0v) is 32.4. The van der Waals surface area contributed by atoms with Gasteiger partial charge in [-0.2, -0.15) is 5.10 Å². The number of carbonyl (C=O) groups excluding carboxylic acids is 2. The Morgan fingerprint density at radius 1 is 0.604 bits per heavy atom. The van der Waals surface area contributed by atoms with Crippen LogP contribution in [0.4, 0.5) is 0 Å². The molecule has 0 atom stereocenters. The fourth-order valence-electron chi connectivity index (χ4n) is 6.07. The van der Waals surface area contributed by atoms with Gasteiger partial charge in [0.15, 0.2) is 11.5 Å². The maximum absolute atomic E-state index is 13.2. The van der Waals surface area contributed by atoms with Gasteiger partial charge in [0.1, 0.15) is 5.75 Å². The zero-order valence-electron chi connectivity index (χ0n) is 32.4. The van der Waals surface area contributed by atoms with Crippen LogP contribution in [0.2, 0.25) is 0 Å². The molecule has 1 amide bonds. The van der Waals surface area contributed by atoms with Crippen molar-refractivity contribution in [1.29, 1.82) is 0 Å². The number of nitrogens with one attached hydrogen (secondary N) is 1. The average Bonchev–Trinajstić information content (AvgIpc) is 3.18. The Morgan fingerprint density at radius 3 is 1.53 bits per heavy atom. The van der Waals surface area contributed by atoms with E-state index in [1.807, 2.05) is 6.07 Å². The number of aromatic hydroxyl groups is 1. The van der Waals surface area contributed by atoms with E-state index in [1.165, 1.54) is 109 Å². The Kier molecular flexibility index (Phi) is 22.2. The van der Waals surface area contributed by atoms with Gasteiger partial charge in [-0.05, 0) is 66.9 Å². The van der Waals surface area contributed by atoms with E-state index in [2.05, 4.69) is 24.4 Å². The summed E-state index contributed by atoms with van der Waals surface area (Å²) in [7, 11) is 0. The molecule has 53 heavy (non-hydrogen) atoms. The first-order valence-corrected chi connectivity index (χ1v) is 20.3. The van der Waals surface area contributed by atoms with Crippen LogP contribution in [0.25, 0.3) is 0 Å². The summed E-state index contributed by atoms with van der Waals surface area (Å²) in [5.74, 6) is -0.112. The quantitative estimate of drug-likeness (QED) is 0.0242. The van der Waals surface area contributed by atoms with Gasteiger partial charge in [-0.25, -0.2) is 10.2 Å². The van der Waals surface area contributed by atoms with E-state index >= 15 is 0 Å². The first-order chi connectivity index (χ1) is 26.0. The molecule has 3 aromatic carbocycles. The Labute approximate surface area is 318 Å². The summed E-state index contributed by atoms with van der Waals surface area (Å²) < 4.78 is 17.4. The SMILES string of the molecule is CCCCCCCCCCCCOc1cc(C(=O)N/N=C/c2ccc(OC(=O)c3ccccc3)cc2)cc(OCCCCCCCCCCCC)c1O. The predicted octanol–water partition coefficient (Wildman–Crippen LogP) is 12.0. The normalized spacial score (nSPS) is 11.1. The maximum atomic E-state index is 13.2. The highest BCUT2D eigenvalue weighted by atomic mass is 16.5. The Balaban J connectivity index is 1.51. The van der Waals surface area contributed by atoms with Crippen LogP contribution < -0.4 is 19.6 Å². The monoisotopic (exact) mass is 728 g/mol. The van der Waals surface area contributed by atoms with Crippen molar-refractivity contribution in [3.8, 4) is 23.0 Å². The molecule has 8 nitrogen and oxygen atoms in total. The molecule has 0 unspecified atom stereocenters. The van der Waals surface area contributed by atoms with Crippen molar-refractivity contribution >= 4 is 18.1 Å². The van der Waals surface area contributed by atoms with Crippen LogP contribution in [0.3, 0.4) is 0 Å². The van der Waals surface area contributed by atoms with Crippen LogP contribution in [0, 0.1) is 0 Å². The summed E-state index contributed by atoms with van der Waals surface area (Å²) in [6.07, 6.45) is 25.9. The lowest BCUT2D eigenvalue weighted by Gasteiger charge is -2.14. The second-order valence-corrected chi connectivity index (χ2v) is 13.9. The van der Waals surface area contributed by atoms with Gasteiger partial charge < -0.3 is 19.3 Å². The molecule has 0 aromatic heterocycles. The number of benzene rings is 3. The van der Waals surface area contributed by atoms with E-state index in [1.54, 1.807) is 60.7 Å². The molecule has 0 heterocycles. The van der Waals surface area contributed by atoms with E-state index in [0.29, 0.717) is 30.1 Å². The van der Waals surface area contributed by atoms with E-state index < -0.39 is 11.9 Å². The van der Waals surface area contributed by atoms with E-state index in [0.717, 1.165) is 25.7 Å². The number of hydrazone groups is 1. The molecule has 0 aliphatic carbocycles. The molecule has 0 aliphatic rings. The standard InChI is InChI=1S/C45H64N2O6/c1-3-5-7-9-11-13-15-17-19-24-32-51-41-34-39(35-42(43(41)48)52-33-25-20-18-16-14-12-10-8-6-4-2)44(49)47-46-36-37-28-30-40(31-29-37)53-45(50)38-26-22-21-23-27-38/h21-23,26-31,34-36,48H,3-20,24-25,32-33H2,1-2H3,(H,47,49)/b46-36+. The van der Waals surface area contributed by atoms with Crippen molar-refractivity contribution in [3.05, 3.63) is 83.4 Å².